The van der Waals surface area contributed by atoms with E-state index in [4.69, 9.17) is 11.6 Å². The fourth-order valence-corrected chi connectivity index (χ4v) is 1.47. The number of allylic oxidation sites excluding steroid dienone is 3. The summed E-state index contributed by atoms with van der Waals surface area (Å²) in [6, 6.07) is 4.10. The maximum atomic E-state index is 10.9. The molecule has 5 nitrogen and oxygen atoms in total. The average molecular weight is 279 g/mol. The molecule has 98 valence electrons. The fourth-order valence-electron chi connectivity index (χ4n) is 1.35. The van der Waals surface area contributed by atoms with E-state index in [-0.39, 0.29) is 22.0 Å². The second-order valence-electron chi connectivity index (χ2n) is 3.53. The Balaban J connectivity index is 3.20. The van der Waals surface area contributed by atoms with E-state index in [9.17, 15) is 14.9 Å². The maximum Gasteiger partial charge on any atom is 0.293 e. The molecule has 0 radical (unpaired) electrons. The van der Waals surface area contributed by atoms with Crippen molar-refractivity contribution < 1.29 is 9.72 Å². The van der Waals surface area contributed by atoms with E-state index in [0.717, 1.165) is 0 Å². The summed E-state index contributed by atoms with van der Waals surface area (Å²) in [5, 5.41) is 14.0. The molecule has 1 rings (SSSR count). The molecule has 0 heterocycles. The van der Waals surface area contributed by atoms with Gasteiger partial charge in [0.2, 0.25) is 0 Å². The Labute approximate surface area is 115 Å². The largest absolute Gasteiger partial charge is 0.350 e. The van der Waals surface area contributed by atoms with Gasteiger partial charge in [0.1, 0.15) is 12.0 Å². The molecule has 1 N–H and O–H groups in total. The molecule has 0 aliphatic rings. The number of aldehydes is 1. The van der Waals surface area contributed by atoms with E-state index in [1.54, 1.807) is 0 Å². The summed E-state index contributed by atoms with van der Waals surface area (Å²) in [6.07, 6.45) is 3.47. The first kappa shape index (κ1) is 14.7. The lowest BCUT2D eigenvalue weighted by atomic mass is 10.2. The summed E-state index contributed by atoms with van der Waals surface area (Å²) < 4.78 is 0. The summed E-state index contributed by atoms with van der Waals surface area (Å²) >= 11 is 5.63. The summed E-state index contributed by atoms with van der Waals surface area (Å²) in [7, 11) is 0. The Morgan fingerprint density at radius 3 is 2.63 bits per heavy atom. The molecule has 1 aromatic rings. The van der Waals surface area contributed by atoms with Crippen LogP contribution in [0.4, 0.5) is 11.4 Å². The summed E-state index contributed by atoms with van der Waals surface area (Å²) in [5.41, 5.74) is 0.710. The number of benzene rings is 1. The average Bonchev–Trinajstić information content (AvgIpc) is 2.37. The zero-order chi connectivity index (χ0) is 14.4. The number of carbonyl (C=O) groups is 1. The van der Waals surface area contributed by atoms with Crippen LogP contribution in [0.5, 0.6) is 0 Å². The monoisotopic (exact) mass is 278 g/mol. The minimum Gasteiger partial charge on any atom is -0.350 e. The highest BCUT2D eigenvalue weighted by molar-refractivity contribution is 6.30. The van der Waals surface area contributed by atoms with E-state index < -0.39 is 4.92 Å². The molecule has 6 heteroatoms. The van der Waals surface area contributed by atoms with E-state index in [2.05, 4.69) is 18.5 Å². The Morgan fingerprint density at radius 2 is 2.16 bits per heavy atom. The van der Waals surface area contributed by atoms with Gasteiger partial charge in [0.25, 0.3) is 5.69 Å². The second-order valence-corrected chi connectivity index (χ2v) is 4.01. The highest BCUT2D eigenvalue weighted by Crippen LogP contribution is 2.26. The van der Waals surface area contributed by atoms with Crippen LogP contribution in [0.2, 0.25) is 0 Å². The fraction of sp³-hybridized carbons (Fsp3) is 0. The number of nitro groups is 1. The van der Waals surface area contributed by atoms with Crippen molar-refractivity contribution in [3.05, 3.63) is 69.9 Å². The molecule has 0 amide bonds. The lowest BCUT2D eigenvalue weighted by molar-refractivity contribution is -0.383. The number of nitro benzene ring substituents is 1. The number of anilines is 1. The van der Waals surface area contributed by atoms with Gasteiger partial charge >= 0.3 is 0 Å². The van der Waals surface area contributed by atoms with Crippen molar-refractivity contribution in [3.8, 4) is 0 Å². The van der Waals surface area contributed by atoms with Crippen molar-refractivity contribution in [1.29, 1.82) is 0 Å². The maximum absolute atomic E-state index is 10.9. The molecule has 0 aliphatic carbocycles. The molecule has 0 atom stereocenters. The molecule has 0 unspecified atom stereocenters. The van der Waals surface area contributed by atoms with E-state index in [1.807, 2.05) is 0 Å². The van der Waals surface area contributed by atoms with Crippen molar-refractivity contribution in [2.75, 3.05) is 5.32 Å². The molecule has 0 aromatic heterocycles. The third-order valence-electron chi connectivity index (χ3n) is 2.17. The van der Waals surface area contributed by atoms with Crippen LogP contribution in [0.25, 0.3) is 0 Å². The second kappa shape index (κ2) is 6.51. The van der Waals surface area contributed by atoms with Crippen molar-refractivity contribution in [3.63, 3.8) is 0 Å². The molecule has 0 spiro atoms. The van der Waals surface area contributed by atoms with Crippen molar-refractivity contribution in [1.82, 2.24) is 0 Å². The Morgan fingerprint density at radius 1 is 1.47 bits per heavy atom. The Hall–Kier alpha value is -2.40. The summed E-state index contributed by atoms with van der Waals surface area (Å²) in [6.45, 7) is 7.05. The van der Waals surface area contributed by atoms with Gasteiger partial charge in [-0.15, -0.1) is 0 Å². The summed E-state index contributed by atoms with van der Waals surface area (Å²) in [4.78, 5) is 21.0. The van der Waals surface area contributed by atoms with Gasteiger partial charge in [-0.25, -0.2) is 0 Å². The Kier molecular flexibility index (Phi) is 5.02. The highest BCUT2D eigenvalue weighted by atomic mass is 35.5. The minimum atomic E-state index is -0.578. The van der Waals surface area contributed by atoms with Gasteiger partial charge in [0.15, 0.2) is 0 Å². The zero-order valence-electron chi connectivity index (χ0n) is 9.93. The Bertz CT molecular complexity index is 579. The van der Waals surface area contributed by atoms with E-state index >= 15 is 0 Å². The van der Waals surface area contributed by atoms with E-state index in [0.29, 0.717) is 12.0 Å². The molecule has 0 bridgehead atoms. The number of rotatable bonds is 6. The predicted molar refractivity (Wildman–Crippen MR) is 75.4 cm³/mol. The SMILES string of the molecule is C=C/C(=C\C(=C)Cl)Nc1ccc(C=O)cc1[N+](=O)[O-]. The number of halogens is 1. The molecule has 0 fully saturated rings. The lowest BCUT2D eigenvalue weighted by Crippen LogP contribution is -2.01. The molecule has 0 saturated carbocycles. The van der Waals surface area contributed by atoms with Crippen molar-refractivity contribution >= 4 is 29.3 Å². The third-order valence-corrected chi connectivity index (χ3v) is 2.27. The van der Waals surface area contributed by atoms with Crippen LogP contribution in [0.15, 0.2) is 54.2 Å². The van der Waals surface area contributed by atoms with Crippen LogP contribution < -0.4 is 5.32 Å². The molecule has 0 aliphatic heterocycles. The van der Waals surface area contributed by atoms with Gasteiger partial charge in [-0.1, -0.05) is 24.8 Å². The first-order valence-electron chi connectivity index (χ1n) is 5.17. The van der Waals surface area contributed by atoms with Crippen LogP contribution in [0, 0.1) is 10.1 Å². The first-order chi connectivity index (χ1) is 8.97. The number of nitrogens with zero attached hydrogens (tertiary/aromatic N) is 1. The van der Waals surface area contributed by atoms with Crippen LogP contribution in [0.1, 0.15) is 10.4 Å². The standard InChI is InChI=1S/C13H11ClN2O3/c1-3-11(6-9(2)14)15-12-5-4-10(8-17)7-13(12)16(18)19/h3-8,15H,1-2H2/b11-6+. The van der Waals surface area contributed by atoms with Crippen LogP contribution in [-0.2, 0) is 0 Å². The van der Waals surface area contributed by atoms with Gasteiger partial charge in [-0.05, 0) is 24.3 Å². The molecule has 0 saturated heterocycles. The van der Waals surface area contributed by atoms with Gasteiger partial charge in [-0.3, -0.25) is 14.9 Å². The highest BCUT2D eigenvalue weighted by Gasteiger charge is 2.14. The van der Waals surface area contributed by atoms with Crippen molar-refractivity contribution in [2.24, 2.45) is 0 Å². The first-order valence-corrected chi connectivity index (χ1v) is 5.55. The van der Waals surface area contributed by atoms with E-state index in [1.165, 1.54) is 30.4 Å². The number of hydrogen-bond donors (Lipinski definition) is 1. The minimum absolute atomic E-state index is 0.211. The normalized spacial score (nSPS) is 10.7. The number of nitrogens with one attached hydrogen (secondary N) is 1. The molecule has 19 heavy (non-hydrogen) atoms. The van der Waals surface area contributed by atoms with Gasteiger partial charge in [0, 0.05) is 22.4 Å². The smallest absolute Gasteiger partial charge is 0.293 e. The van der Waals surface area contributed by atoms with Gasteiger partial charge in [0.05, 0.1) is 4.92 Å². The molecule has 1 aromatic carbocycles. The van der Waals surface area contributed by atoms with Crippen molar-refractivity contribution in [2.45, 2.75) is 0 Å². The van der Waals surface area contributed by atoms with Gasteiger partial charge < -0.3 is 5.32 Å². The zero-order valence-corrected chi connectivity index (χ0v) is 10.7. The van der Waals surface area contributed by atoms with Crippen LogP contribution in [0.3, 0.4) is 0 Å². The van der Waals surface area contributed by atoms with Gasteiger partial charge in [-0.2, -0.15) is 0 Å². The van der Waals surface area contributed by atoms with Crippen LogP contribution in [-0.4, -0.2) is 11.2 Å². The lowest BCUT2D eigenvalue weighted by Gasteiger charge is -2.08. The summed E-state index contributed by atoms with van der Waals surface area (Å²) in [5.74, 6) is 0. The molecular formula is C13H11ClN2O3. The van der Waals surface area contributed by atoms with Crippen LogP contribution >= 0.6 is 11.6 Å². The quantitative estimate of drug-likeness (QED) is 0.373. The topological polar surface area (TPSA) is 72.2 Å². The number of carbonyl (C=O) groups excluding carboxylic acids is 1. The third kappa shape index (κ3) is 4.08. The molecular weight excluding hydrogens is 268 g/mol. The number of hydrogen-bond acceptors (Lipinski definition) is 4. The predicted octanol–water partition coefficient (Wildman–Crippen LogP) is 3.64.